The summed E-state index contributed by atoms with van der Waals surface area (Å²) < 4.78 is 6.68. The molecule has 132 valence electrons. The highest BCUT2D eigenvalue weighted by molar-refractivity contribution is 9.10. The molecule has 0 aliphatic carbocycles. The lowest BCUT2D eigenvalue weighted by atomic mass is 10.2. The maximum atomic E-state index is 12.2. The Morgan fingerprint density at radius 1 is 1.21 bits per heavy atom. The number of ether oxygens (including phenoxy) is 1. The van der Waals surface area contributed by atoms with E-state index in [4.69, 9.17) is 9.84 Å². The van der Waals surface area contributed by atoms with Gasteiger partial charge < -0.3 is 14.7 Å². The molecule has 1 aromatic rings. The third-order valence-corrected chi connectivity index (χ3v) is 4.97. The first-order chi connectivity index (χ1) is 11.5. The van der Waals surface area contributed by atoms with Gasteiger partial charge in [-0.15, -0.1) is 0 Å². The molecular formula is C17H23BrN2O4. The Morgan fingerprint density at radius 3 is 2.54 bits per heavy atom. The number of carbonyl (C=O) groups is 2. The van der Waals surface area contributed by atoms with Crippen molar-refractivity contribution in [3.63, 3.8) is 0 Å². The van der Waals surface area contributed by atoms with Crippen LogP contribution in [0.2, 0.25) is 0 Å². The molecule has 1 aromatic carbocycles. The van der Waals surface area contributed by atoms with Gasteiger partial charge in [0.2, 0.25) is 5.91 Å². The van der Waals surface area contributed by atoms with Crippen LogP contribution >= 0.6 is 15.9 Å². The fourth-order valence-corrected chi connectivity index (χ4v) is 2.84. The summed E-state index contributed by atoms with van der Waals surface area (Å²) >= 11 is 3.44. The molecule has 1 heterocycles. The SMILES string of the molecule is Cc1cc(OCCC(=O)N2CCN(CCC(=O)O)CC2)ccc1Br. The summed E-state index contributed by atoms with van der Waals surface area (Å²) in [7, 11) is 0. The maximum Gasteiger partial charge on any atom is 0.304 e. The van der Waals surface area contributed by atoms with Crippen molar-refractivity contribution in [3.05, 3.63) is 28.2 Å². The fraction of sp³-hybridized carbons (Fsp3) is 0.529. The summed E-state index contributed by atoms with van der Waals surface area (Å²) in [6, 6.07) is 5.75. The largest absolute Gasteiger partial charge is 0.493 e. The highest BCUT2D eigenvalue weighted by Crippen LogP contribution is 2.21. The number of hydrogen-bond donors (Lipinski definition) is 1. The van der Waals surface area contributed by atoms with E-state index >= 15 is 0 Å². The Balaban J connectivity index is 1.68. The molecule has 0 saturated carbocycles. The van der Waals surface area contributed by atoms with Crippen LogP contribution in [-0.2, 0) is 9.59 Å². The van der Waals surface area contributed by atoms with Crippen LogP contribution < -0.4 is 4.74 Å². The molecule has 6 nitrogen and oxygen atoms in total. The Bertz CT molecular complexity index is 586. The highest BCUT2D eigenvalue weighted by atomic mass is 79.9. The summed E-state index contributed by atoms with van der Waals surface area (Å²) in [4.78, 5) is 26.7. The molecule has 7 heteroatoms. The van der Waals surface area contributed by atoms with Crippen molar-refractivity contribution < 1.29 is 19.4 Å². The lowest BCUT2D eigenvalue weighted by molar-refractivity contribution is -0.138. The van der Waals surface area contributed by atoms with Crippen LogP contribution in [0, 0.1) is 6.92 Å². The van der Waals surface area contributed by atoms with E-state index in [1.54, 1.807) is 0 Å². The summed E-state index contributed by atoms with van der Waals surface area (Å²) in [5, 5.41) is 8.70. The van der Waals surface area contributed by atoms with Gasteiger partial charge in [0.15, 0.2) is 0 Å². The number of hydrogen-bond acceptors (Lipinski definition) is 4. The maximum absolute atomic E-state index is 12.2. The summed E-state index contributed by atoms with van der Waals surface area (Å²) in [6.45, 7) is 5.65. The summed E-state index contributed by atoms with van der Waals surface area (Å²) in [5.74, 6) is 0.0672. The van der Waals surface area contributed by atoms with Crippen LogP contribution in [0.1, 0.15) is 18.4 Å². The molecule has 1 N–H and O–H groups in total. The van der Waals surface area contributed by atoms with Gasteiger partial charge in [-0.05, 0) is 30.7 Å². The van der Waals surface area contributed by atoms with E-state index in [9.17, 15) is 9.59 Å². The predicted octanol–water partition coefficient (Wildman–Crippen LogP) is 2.15. The van der Waals surface area contributed by atoms with Gasteiger partial charge in [-0.2, -0.15) is 0 Å². The van der Waals surface area contributed by atoms with Crippen LogP contribution in [0.25, 0.3) is 0 Å². The number of aliphatic carboxylic acids is 1. The normalized spacial score (nSPS) is 15.3. The van der Waals surface area contributed by atoms with E-state index in [2.05, 4.69) is 20.8 Å². The van der Waals surface area contributed by atoms with E-state index in [0.717, 1.165) is 28.9 Å². The molecule has 0 spiro atoms. The van der Waals surface area contributed by atoms with Gasteiger partial charge in [0, 0.05) is 37.2 Å². The molecule has 1 aliphatic heterocycles. The third kappa shape index (κ3) is 5.79. The minimum Gasteiger partial charge on any atom is -0.493 e. The van der Waals surface area contributed by atoms with E-state index < -0.39 is 5.97 Å². The number of aryl methyl sites for hydroxylation is 1. The molecular weight excluding hydrogens is 376 g/mol. The summed E-state index contributed by atoms with van der Waals surface area (Å²) in [6.07, 6.45) is 0.499. The predicted molar refractivity (Wildman–Crippen MR) is 94.3 cm³/mol. The standard InChI is InChI=1S/C17H23BrN2O4/c1-13-12-14(2-3-15(13)18)24-11-5-16(21)20-9-7-19(8-10-20)6-4-17(22)23/h2-3,12H,4-11H2,1H3,(H,22,23). The van der Waals surface area contributed by atoms with Crippen molar-refractivity contribution >= 4 is 27.8 Å². The number of rotatable bonds is 7. The monoisotopic (exact) mass is 398 g/mol. The van der Waals surface area contributed by atoms with Gasteiger partial charge in [0.1, 0.15) is 5.75 Å². The number of carboxylic acids is 1. The fourth-order valence-electron chi connectivity index (χ4n) is 2.60. The first kappa shape index (κ1) is 18.7. The van der Waals surface area contributed by atoms with Gasteiger partial charge in [-0.25, -0.2) is 0 Å². The smallest absolute Gasteiger partial charge is 0.304 e. The van der Waals surface area contributed by atoms with Crippen molar-refractivity contribution in [2.24, 2.45) is 0 Å². The average molecular weight is 399 g/mol. The van der Waals surface area contributed by atoms with E-state index in [1.807, 2.05) is 30.0 Å². The minimum absolute atomic E-state index is 0.0849. The molecule has 24 heavy (non-hydrogen) atoms. The molecule has 1 aliphatic rings. The Hall–Kier alpha value is -1.60. The summed E-state index contributed by atoms with van der Waals surface area (Å²) in [5.41, 5.74) is 1.09. The number of halogens is 1. The molecule has 1 saturated heterocycles. The molecule has 0 radical (unpaired) electrons. The quantitative estimate of drug-likeness (QED) is 0.761. The third-order valence-electron chi connectivity index (χ3n) is 4.08. The number of carboxylic acid groups (broad SMARTS) is 1. The van der Waals surface area contributed by atoms with E-state index in [0.29, 0.717) is 32.7 Å². The van der Waals surface area contributed by atoms with Crippen LogP contribution in [-0.4, -0.2) is 66.1 Å². The van der Waals surface area contributed by atoms with Crippen molar-refractivity contribution in [2.45, 2.75) is 19.8 Å². The van der Waals surface area contributed by atoms with Crippen LogP contribution in [0.3, 0.4) is 0 Å². The van der Waals surface area contributed by atoms with Gasteiger partial charge >= 0.3 is 5.97 Å². The van der Waals surface area contributed by atoms with Crippen molar-refractivity contribution in [3.8, 4) is 5.75 Å². The topological polar surface area (TPSA) is 70.1 Å². The van der Waals surface area contributed by atoms with Gasteiger partial charge in [-0.1, -0.05) is 15.9 Å². The van der Waals surface area contributed by atoms with Crippen LogP contribution in [0.5, 0.6) is 5.75 Å². The molecule has 0 atom stereocenters. The average Bonchev–Trinajstić information content (AvgIpc) is 2.56. The van der Waals surface area contributed by atoms with Gasteiger partial charge in [-0.3, -0.25) is 14.5 Å². The second kappa shape index (κ2) is 9.03. The minimum atomic E-state index is -0.783. The number of nitrogens with zero attached hydrogens (tertiary/aromatic N) is 2. The lowest BCUT2D eigenvalue weighted by Gasteiger charge is -2.34. The zero-order valence-electron chi connectivity index (χ0n) is 13.8. The van der Waals surface area contributed by atoms with Crippen molar-refractivity contribution in [1.82, 2.24) is 9.80 Å². The first-order valence-corrected chi connectivity index (χ1v) is 8.86. The zero-order valence-corrected chi connectivity index (χ0v) is 15.4. The number of carbonyl (C=O) groups excluding carboxylic acids is 1. The van der Waals surface area contributed by atoms with Crippen molar-refractivity contribution in [1.29, 1.82) is 0 Å². The molecule has 1 fully saturated rings. The second-order valence-electron chi connectivity index (χ2n) is 5.88. The molecule has 2 rings (SSSR count). The van der Waals surface area contributed by atoms with Crippen LogP contribution in [0.4, 0.5) is 0 Å². The molecule has 0 bridgehead atoms. The molecule has 0 aromatic heterocycles. The van der Waals surface area contributed by atoms with Gasteiger partial charge in [0.05, 0.1) is 19.4 Å². The second-order valence-corrected chi connectivity index (χ2v) is 6.73. The van der Waals surface area contributed by atoms with E-state index in [-0.39, 0.29) is 12.3 Å². The van der Waals surface area contributed by atoms with E-state index in [1.165, 1.54) is 0 Å². The highest BCUT2D eigenvalue weighted by Gasteiger charge is 2.21. The first-order valence-electron chi connectivity index (χ1n) is 8.06. The molecule has 0 unspecified atom stereocenters. The number of piperazine rings is 1. The van der Waals surface area contributed by atoms with Gasteiger partial charge in [0.25, 0.3) is 0 Å². The van der Waals surface area contributed by atoms with Crippen molar-refractivity contribution in [2.75, 3.05) is 39.3 Å². The zero-order chi connectivity index (χ0) is 17.5. The lowest BCUT2D eigenvalue weighted by Crippen LogP contribution is -2.49. The Labute approximate surface area is 150 Å². The van der Waals surface area contributed by atoms with Crippen LogP contribution in [0.15, 0.2) is 22.7 Å². The molecule has 1 amide bonds. The Morgan fingerprint density at radius 2 is 1.92 bits per heavy atom. The Kier molecular flexibility index (Phi) is 7.05. The number of amides is 1. The number of benzene rings is 1.